The number of halogens is 1. The highest BCUT2D eigenvalue weighted by Crippen LogP contribution is 2.02. The molecule has 0 saturated heterocycles. The van der Waals surface area contributed by atoms with Crippen LogP contribution in [0.5, 0.6) is 0 Å². The zero-order valence-electron chi connectivity index (χ0n) is 8.11. The van der Waals surface area contributed by atoms with Crippen molar-refractivity contribution in [2.75, 3.05) is 25.1 Å². The third-order valence-electron chi connectivity index (χ3n) is 1.66. The molecule has 0 aliphatic rings. The van der Waals surface area contributed by atoms with Crippen molar-refractivity contribution >= 4 is 23.4 Å². The summed E-state index contributed by atoms with van der Waals surface area (Å²) in [5.74, 6) is 1.26. The van der Waals surface area contributed by atoms with E-state index in [4.69, 9.17) is 11.6 Å². The Morgan fingerprint density at radius 3 is 2.58 bits per heavy atom. The largest absolute Gasteiger partial charge is 0.317 e. The predicted octanol–water partition coefficient (Wildman–Crippen LogP) is 2.74. The van der Waals surface area contributed by atoms with Crippen LogP contribution in [0.25, 0.3) is 0 Å². The van der Waals surface area contributed by atoms with Crippen LogP contribution in [-0.2, 0) is 0 Å². The van der Waals surface area contributed by atoms with E-state index < -0.39 is 0 Å². The molecule has 0 aliphatic heterocycles. The van der Waals surface area contributed by atoms with Gasteiger partial charge in [0.15, 0.2) is 0 Å². The minimum absolute atomic E-state index is 0.331. The van der Waals surface area contributed by atoms with Gasteiger partial charge in [-0.05, 0) is 51.3 Å². The molecule has 0 heterocycles. The summed E-state index contributed by atoms with van der Waals surface area (Å²) in [4.78, 5) is 0. The molecule has 0 aliphatic carbocycles. The highest BCUT2D eigenvalue weighted by atomic mass is 35.5. The third kappa shape index (κ3) is 10.6. The summed E-state index contributed by atoms with van der Waals surface area (Å²) >= 11 is 7.72. The van der Waals surface area contributed by atoms with Crippen molar-refractivity contribution in [2.24, 2.45) is 0 Å². The normalized spacial score (nSPS) is 13.2. The maximum absolute atomic E-state index is 5.81. The summed E-state index contributed by atoms with van der Waals surface area (Å²) < 4.78 is 0. The Labute approximate surface area is 85.6 Å². The minimum atomic E-state index is 0.331. The van der Waals surface area contributed by atoms with Gasteiger partial charge in [-0.15, -0.1) is 11.6 Å². The van der Waals surface area contributed by atoms with Crippen molar-refractivity contribution in [3.05, 3.63) is 0 Å². The van der Waals surface area contributed by atoms with Crippen molar-refractivity contribution < 1.29 is 0 Å². The first-order chi connectivity index (χ1) is 5.77. The van der Waals surface area contributed by atoms with Gasteiger partial charge in [0, 0.05) is 5.38 Å². The molecule has 0 amide bonds. The lowest BCUT2D eigenvalue weighted by Gasteiger charge is -2.04. The van der Waals surface area contributed by atoms with Gasteiger partial charge in [-0.2, -0.15) is 11.8 Å². The number of thioether (sulfide) groups is 1. The lowest BCUT2D eigenvalue weighted by molar-refractivity contribution is 0.615. The first-order valence-corrected chi connectivity index (χ1v) is 6.44. The Hall–Kier alpha value is 0.600. The average Bonchev–Trinajstić information content (AvgIpc) is 2.02. The van der Waals surface area contributed by atoms with Crippen LogP contribution < -0.4 is 5.32 Å². The van der Waals surface area contributed by atoms with Gasteiger partial charge in [0.1, 0.15) is 0 Å². The molecule has 1 unspecified atom stereocenters. The average molecular weight is 210 g/mol. The van der Waals surface area contributed by atoms with E-state index in [9.17, 15) is 0 Å². The Balaban J connectivity index is 2.82. The fourth-order valence-corrected chi connectivity index (χ4v) is 1.56. The van der Waals surface area contributed by atoms with Gasteiger partial charge in [0.25, 0.3) is 0 Å². The molecule has 0 fully saturated rings. The molecule has 1 N–H and O–H groups in total. The Kier molecular flexibility index (Phi) is 10.2. The van der Waals surface area contributed by atoms with E-state index >= 15 is 0 Å². The number of alkyl halides is 1. The predicted molar refractivity (Wildman–Crippen MR) is 60.4 cm³/mol. The van der Waals surface area contributed by atoms with E-state index in [1.165, 1.54) is 18.6 Å². The van der Waals surface area contributed by atoms with Gasteiger partial charge in [0.05, 0.1) is 0 Å². The lowest BCUT2D eigenvalue weighted by Crippen LogP contribution is -2.17. The molecule has 1 atom stereocenters. The summed E-state index contributed by atoms with van der Waals surface area (Å²) in [6.07, 6.45) is 5.74. The number of rotatable bonds is 8. The molecule has 3 heteroatoms. The summed E-state index contributed by atoms with van der Waals surface area (Å²) in [5.41, 5.74) is 0. The van der Waals surface area contributed by atoms with E-state index in [2.05, 4.69) is 18.5 Å². The van der Waals surface area contributed by atoms with E-state index in [1.54, 1.807) is 0 Å². The SMILES string of the molecule is CSCCCNCCCC(C)Cl. The molecule has 0 aromatic carbocycles. The molecule has 0 aromatic heterocycles. The molecule has 0 aromatic rings. The molecule has 12 heavy (non-hydrogen) atoms. The van der Waals surface area contributed by atoms with Gasteiger partial charge in [-0.3, -0.25) is 0 Å². The van der Waals surface area contributed by atoms with Gasteiger partial charge >= 0.3 is 0 Å². The molecular formula is C9H20ClNS. The summed E-state index contributed by atoms with van der Waals surface area (Å²) in [6.45, 7) is 4.32. The van der Waals surface area contributed by atoms with Crippen LogP contribution in [0, 0.1) is 0 Å². The third-order valence-corrected chi connectivity index (χ3v) is 2.57. The van der Waals surface area contributed by atoms with Crippen molar-refractivity contribution in [1.29, 1.82) is 0 Å². The van der Waals surface area contributed by atoms with Crippen molar-refractivity contribution in [2.45, 2.75) is 31.6 Å². The molecule has 74 valence electrons. The molecule has 0 bridgehead atoms. The van der Waals surface area contributed by atoms with Crippen LogP contribution in [0.1, 0.15) is 26.2 Å². The second-order valence-electron chi connectivity index (χ2n) is 3.02. The van der Waals surface area contributed by atoms with Crippen LogP contribution in [-0.4, -0.2) is 30.5 Å². The highest BCUT2D eigenvalue weighted by Gasteiger charge is 1.94. The zero-order chi connectivity index (χ0) is 9.23. The van der Waals surface area contributed by atoms with Crippen molar-refractivity contribution in [3.63, 3.8) is 0 Å². The molecule has 0 saturated carbocycles. The van der Waals surface area contributed by atoms with Crippen LogP contribution in [0.3, 0.4) is 0 Å². The monoisotopic (exact) mass is 209 g/mol. The molecule has 1 nitrogen and oxygen atoms in total. The fraction of sp³-hybridized carbons (Fsp3) is 1.00. The molecule has 0 rings (SSSR count). The smallest absolute Gasteiger partial charge is 0.0308 e. The van der Waals surface area contributed by atoms with Gasteiger partial charge < -0.3 is 5.32 Å². The van der Waals surface area contributed by atoms with Gasteiger partial charge in [-0.1, -0.05) is 0 Å². The number of hydrogen-bond acceptors (Lipinski definition) is 2. The maximum atomic E-state index is 5.81. The van der Waals surface area contributed by atoms with E-state index in [1.807, 2.05) is 11.8 Å². The standard InChI is InChI=1S/C9H20ClNS/c1-9(10)5-3-6-11-7-4-8-12-2/h9,11H,3-8H2,1-2H3. The fourth-order valence-electron chi connectivity index (χ4n) is 0.975. The maximum Gasteiger partial charge on any atom is 0.0308 e. The lowest BCUT2D eigenvalue weighted by atomic mass is 10.2. The van der Waals surface area contributed by atoms with Gasteiger partial charge in [0.2, 0.25) is 0 Å². The first kappa shape index (κ1) is 12.6. The summed E-state index contributed by atoms with van der Waals surface area (Å²) in [5, 5.41) is 3.74. The molecule has 0 spiro atoms. The van der Waals surface area contributed by atoms with Crippen molar-refractivity contribution in [3.8, 4) is 0 Å². The second kappa shape index (κ2) is 9.69. The second-order valence-corrected chi connectivity index (χ2v) is 4.75. The minimum Gasteiger partial charge on any atom is -0.317 e. The van der Waals surface area contributed by atoms with Crippen molar-refractivity contribution in [1.82, 2.24) is 5.32 Å². The topological polar surface area (TPSA) is 12.0 Å². The number of hydrogen-bond donors (Lipinski definition) is 1. The molecule has 0 radical (unpaired) electrons. The summed E-state index contributed by atoms with van der Waals surface area (Å²) in [6, 6.07) is 0. The highest BCUT2D eigenvalue weighted by molar-refractivity contribution is 7.98. The Morgan fingerprint density at radius 2 is 2.00 bits per heavy atom. The molecular weight excluding hydrogens is 190 g/mol. The first-order valence-electron chi connectivity index (χ1n) is 4.61. The van der Waals surface area contributed by atoms with Crippen LogP contribution in [0.4, 0.5) is 0 Å². The Bertz CT molecular complexity index is 88.6. The van der Waals surface area contributed by atoms with E-state index in [-0.39, 0.29) is 0 Å². The van der Waals surface area contributed by atoms with Crippen LogP contribution in [0.15, 0.2) is 0 Å². The zero-order valence-corrected chi connectivity index (χ0v) is 9.68. The van der Waals surface area contributed by atoms with E-state index in [0.717, 1.165) is 19.5 Å². The van der Waals surface area contributed by atoms with Crippen LogP contribution >= 0.6 is 23.4 Å². The Morgan fingerprint density at radius 1 is 1.33 bits per heavy atom. The van der Waals surface area contributed by atoms with Crippen LogP contribution in [0.2, 0.25) is 0 Å². The van der Waals surface area contributed by atoms with E-state index in [0.29, 0.717) is 5.38 Å². The number of nitrogens with one attached hydrogen (secondary N) is 1. The summed E-state index contributed by atoms with van der Waals surface area (Å²) in [7, 11) is 0. The quantitative estimate of drug-likeness (QED) is 0.488. The van der Waals surface area contributed by atoms with Gasteiger partial charge in [-0.25, -0.2) is 0 Å².